The highest BCUT2D eigenvalue weighted by atomic mass is 19.1. The zero-order chi connectivity index (χ0) is 30.1. The third kappa shape index (κ3) is 5.78. The van der Waals surface area contributed by atoms with Gasteiger partial charge in [0.05, 0.1) is 18.8 Å². The minimum atomic E-state index is -0.920. The average Bonchev–Trinajstić information content (AvgIpc) is 3.45. The Morgan fingerprint density at radius 1 is 1.09 bits per heavy atom. The maximum Gasteiger partial charge on any atom is 0.318 e. The summed E-state index contributed by atoms with van der Waals surface area (Å²) >= 11 is 0. The van der Waals surface area contributed by atoms with E-state index in [-0.39, 0.29) is 12.6 Å². The number of anilines is 2. The number of halogens is 1. The molecule has 10 heteroatoms. The third-order valence-electron chi connectivity index (χ3n) is 9.33. The molecule has 6 rings (SSSR count). The van der Waals surface area contributed by atoms with Crippen LogP contribution >= 0.6 is 0 Å². The van der Waals surface area contributed by atoms with Crippen molar-refractivity contribution in [2.24, 2.45) is 0 Å². The molecule has 228 valence electrons. The van der Waals surface area contributed by atoms with E-state index in [4.69, 9.17) is 14.7 Å². The normalized spacial score (nSPS) is 20.9. The van der Waals surface area contributed by atoms with Crippen LogP contribution < -0.4 is 14.5 Å². The number of likely N-dealkylation sites (N-methyl/N-ethyl adjacent to an activating group) is 1. The molecule has 0 unspecified atom stereocenters. The molecule has 2 atom stereocenters. The summed E-state index contributed by atoms with van der Waals surface area (Å²) in [4.78, 5) is 30.9. The Morgan fingerprint density at radius 3 is 2.63 bits per heavy atom. The van der Waals surface area contributed by atoms with Crippen molar-refractivity contribution in [2.45, 2.75) is 57.8 Å². The summed E-state index contributed by atoms with van der Waals surface area (Å²) in [6, 6.07) is 12.8. The molecule has 0 spiro atoms. The van der Waals surface area contributed by atoms with Gasteiger partial charge in [0, 0.05) is 54.9 Å². The van der Waals surface area contributed by atoms with Crippen LogP contribution in [0.25, 0.3) is 10.8 Å². The maximum absolute atomic E-state index is 13.8. The van der Waals surface area contributed by atoms with Crippen molar-refractivity contribution in [3.05, 3.63) is 65.6 Å². The molecule has 1 amide bonds. The summed E-state index contributed by atoms with van der Waals surface area (Å²) in [5, 5.41) is 12.3. The SMILES string of the molecule is C=C(F)C(=O)N1CCN(c2nc(OC[C@@H]3CCCN3C)nc3c2CCN(c2cccc4cccc(CO)c24)C3)C[C@@H]1CC. The van der Waals surface area contributed by atoms with E-state index in [1.54, 1.807) is 4.90 Å². The number of rotatable bonds is 8. The number of carbonyl (C=O) groups is 1. The number of aliphatic hydroxyl groups is 1. The molecule has 0 saturated carbocycles. The van der Waals surface area contributed by atoms with Gasteiger partial charge >= 0.3 is 6.01 Å². The third-order valence-corrected chi connectivity index (χ3v) is 9.33. The van der Waals surface area contributed by atoms with Crippen LogP contribution in [0, 0.1) is 0 Å². The van der Waals surface area contributed by atoms with Crippen LogP contribution in [0.5, 0.6) is 6.01 Å². The topological polar surface area (TPSA) is 85.3 Å². The molecule has 2 fully saturated rings. The van der Waals surface area contributed by atoms with Crippen molar-refractivity contribution in [1.82, 2.24) is 19.8 Å². The number of hydrogen-bond acceptors (Lipinski definition) is 8. The van der Waals surface area contributed by atoms with Gasteiger partial charge in [0.2, 0.25) is 0 Å². The number of aromatic nitrogens is 2. The van der Waals surface area contributed by atoms with Crippen LogP contribution in [0.4, 0.5) is 15.9 Å². The number of aliphatic hydroxyl groups excluding tert-OH is 1. The average molecular weight is 589 g/mol. The van der Waals surface area contributed by atoms with Gasteiger partial charge in [0.25, 0.3) is 5.91 Å². The molecular weight excluding hydrogens is 547 g/mol. The maximum atomic E-state index is 13.8. The number of piperazine rings is 1. The number of hydrogen-bond donors (Lipinski definition) is 1. The second-order valence-electron chi connectivity index (χ2n) is 11.9. The van der Waals surface area contributed by atoms with Gasteiger partial charge in [0.1, 0.15) is 12.4 Å². The number of carbonyl (C=O) groups excluding carboxylic acids is 1. The van der Waals surface area contributed by atoms with Crippen molar-refractivity contribution in [3.8, 4) is 6.01 Å². The summed E-state index contributed by atoms with van der Waals surface area (Å²) in [5.41, 5.74) is 4.00. The summed E-state index contributed by atoms with van der Waals surface area (Å²) in [5.74, 6) is -0.705. The summed E-state index contributed by atoms with van der Waals surface area (Å²) in [7, 11) is 2.13. The Hall–Kier alpha value is -3.76. The first-order valence-corrected chi connectivity index (χ1v) is 15.4. The molecule has 3 aliphatic heterocycles. The highest BCUT2D eigenvalue weighted by Crippen LogP contribution is 2.36. The van der Waals surface area contributed by atoms with E-state index in [1.807, 2.05) is 19.1 Å². The lowest BCUT2D eigenvalue weighted by atomic mass is 9.99. The second kappa shape index (κ2) is 12.5. The van der Waals surface area contributed by atoms with Gasteiger partial charge in [-0.1, -0.05) is 43.8 Å². The number of amides is 1. The van der Waals surface area contributed by atoms with E-state index in [9.17, 15) is 14.3 Å². The molecule has 0 radical (unpaired) electrons. The molecule has 9 nitrogen and oxygen atoms in total. The Morgan fingerprint density at radius 2 is 1.91 bits per heavy atom. The van der Waals surface area contributed by atoms with E-state index in [1.165, 1.54) is 0 Å². The Balaban J connectivity index is 1.34. The van der Waals surface area contributed by atoms with E-state index in [2.05, 4.69) is 52.6 Å². The molecule has 0 aliphatic carbocycles. The van der Waals surface area contributed by atoms with Gasteiger partial charge in [-0.15, -0.1) is 0 Å². The van der Waals surface area contributed by atoms with Gasteiger partial charge < -0.3 is 29.4 Å². The van der Waals surface area contributed by atoms with Crippen LogP contribution in [-0.2, 0) is 24.4 Å². The van der Waals surface area contributed by atoms with Crippen LogP contribution in [0.1, 0.15) is 43.0 Å². The Labute approximate surface area is 252 Å². The van der Waals surface area contributed by atoms with Gasteiger partial charge in [-0.25, -0.2) is 4.39 Å². The molecular formula is C33H41FN6O3. The van der Waals surface area contributed by atoms with Crippen molar-refractivity contribution >= 4 is 28.2 Å². The zero-order valence-corrected chi connectivity index (χ0v) is 25.1. The van der Waals surface area contributed by atoms with Gasteiger partial charge in [-0.05, 0) is 56.3 Å². The highest BCUT2D eigenvalue weighted by molar-refractivity contribution is 5.97. The molecule has 0 bridgehead atoms. The fourth-order valence-electron chi connectivity index (χ4n) is 6.89. The smallest absolute Gasteiger partial charge is 0.318 e. The molecule has 3 aliphatic rings. The zero-order valence-electron chi connectivity index (χ0n) is 25.1. The lowest BCUT2D eigenvalue weighted by molar-refractivity contribution is -0.131. The molecule has 1 N–H and O–H groups in total. The number of nitrogens with zero attached hydrogens (tertiary/aromatic N) is 6. The first-order chi connectivity index (χ1) is 20.9. The van der Waals surface area contributed by atoms with Crippen molar-refractivity contribution in [3.63, 3.8) is 0 Å². The van der Waals surface area contributed by atoms with E-state index < -0.39 is 11.7 Å². The predicted octanol–water partition coefficient (Wildman–Crippen LogP) is 4.07. The van der Waals surface area contributed by atoms with Crippen LogP contribution in [0.3, 0.4) is 0 Å². The van der Waals surface area contributed by atoms with Crippen LogP contribution in [-0.4, -0.2) is 89.2 Å². The minimum absolute atomic E-state index is 0.0263. The van der Waals surface area contributed by atoms with Gasteiger partial charge in [-0.2, -0.15) is 9.97 Å². The summed E-state index contributed by atoms with van der Waals surface area (Å²) in [6.45, 7) is 9.66. The van der Waals surface area contributed by atoms with Crippen LogP contribution in [0.15, 0.2) is 48.8 Å². The van der Waals surface area contributed by atoms with Crippen molar-refractivity contribution in [1.29, 1.82) is 0 Å². The molecule has 3 aromatic rings. The minimum Gasteiger partial charge on any atom is -0.462 e. The van der Waals surface area contributed by atoms with Gasteiger partial charge in [0.15, 0.2) is 5.83 Å². The predicted molar refractivity (Wildman–Crippen MR) is 166 cm³/mol. The van der Waals surface area contributed by atoms with Crippen LogP contribution in [0.2, 0.25) is 0 Å². The van der Waals surface area contributed by atoms with E-state index in [0.29, 0.717) is 51.3 Å². The van der Waals surface area contributed by atoms with Crippen molar-refractivity contribution < 1.29 is 19.0 Å². The second-order valence-corrected chi connectivity index (χ2v) is 11.9. The standard InChI is InChI=1S/C33H41FN6O3/c1-4-25-18-39(16-17-40(25)32(42)22(2)34)31-27-13-15-38(29-12-6-9-23-8-5-10-24(20-41)30(23)29)19-28(27)35-33(36-31)43-21-26-11-7-14-37(26)3/h5-6,8-10,12,25-26,41H,2,4,7,11,13-21H2,1,3H3/t25-,26-/m0/s1. The van der Waals surface area contributed by atoms with E-state index >= 15 is 0 Å². The lowest BCUT2D eigenvalue weighted by Crippen LogP contribution is -2.55. The summed E-state index contributed by atoms with van der Waals surface area (Å²) < 4.78 is 20.1. The quantitative estimate of drug-likeness (QED) is 0.395. The Kier molecular flexibility index (Phi) is 8.50. The molecule has 4 heterocycles. The molecule has 1 aromatic heterocycles. The molecule has 2 saturated heterocycles. The first kappa shape index (κ1) is 29.3. The summed E-state index contributed by atoms with van der Waals surface area (Å²) in [6.07, 6.45) is 3.68. The number of benzene rings is 2. The van der Waals surface area contributed by atoms with E-state index in [0.717, 1.165) is 71.5 Å². The molecule has 2 aromatic carbocycles. The lowest BCUT2D eigenvalue weighted by Gasteiger charge is -2.42. The largest absolute Gasteiger partial charge is 0.462 e. The van der Waals surface area contributed by atoms with Gasteiger partial charge in [-0.3, -0.25) is 4.79 Å². The van der Waals surface area contributed by atoms with Crippen molar-refractivity contribution in [2.75, 3.05) is 56.2 Å². The fourth-order valence-corrected chi connectivity index (χ4v) is 6.89. The first-order valence-electron chi connectivity index (χ1n) is 15.4. The molecule has 43 heavy (non-hydrogen) atoms. The number of fused-ring (bicyclic) bond motifs is 2. The highest BCUT2D eigenvalue weighted by Gasteiger charge is 2.34. The number of ether oxygens (including phenoxy) is 1. The Bertz CT molecular complexity index is 1510. The monoisotopic (exact) mass is 588 g/mol. The number of likely N-dealkylation sites (tertiary alicyclic amines) is 1. The fraction of sp³-hybridized carbons (Fsp3) is 0.485.